The molecule has 0 aliphatic carbocycles. The standard InChI is InChI=1S/C18H16F2N2O2S/c1-12-8-14-4-3-5-17(18(14)21-10-12)25(23,24)22(2)11-13-6-7-15(19)16(20)9-13/h3-10H,11H2,1-2H3. The zero-order chi connectivity index (χ0) is 18.2. The van der Waals surface area contributed by atoms with Crippen molar-refractivity contribution < 1.29 is 17.2 Å². The Labute approximate surface area is 144 Å². The number of hydrogen-bond acceptors (Lipinski definition) is 3. The summed E-state index contributed by atoms with van der Waals surface area (Å²) in [6.07, 6.45) is 1.61. The van der Waals surface area contributed by atoms with Gasteiger partial charge in [0, 0.05) is 25.2 Å². The van der Waals surface area contributed by atoms with Crippen molar-refractivity contribution in [2.75, 3.05) is 7.05 Å². The molecule has 0 bridgehead atoms. The van der Waals surface area contributed by atoms with Gasteiger partial charge in [-0.2, -0.15) is 4.31 Å². The number of aryl methyl sites for hydroxylation is 1. The third kappa shape index (κ3) is 3.38. The molecule has 0 aliphatic rings. The molecule has 0 N–H and O–H groups in total. The van der Waals surface area contributed by atoms with E-state index < -0.39 is 21.7 Å². The van der Waals surface area contributed by atoms with Gasteiger partial charge in [-0.25, -0.2) is 17.2 Å². The Kier molecular flexibility index (Phi) is 4.53. The van der Waals surface area contributed by atoms with Crippen LogP contribution in [0.2, 0.25) is 0 Å². The Morgan fingerprint density at radius 2 is 1.84 bits per heavy atom. The fourth-order valence-electron chi connectivity index (χ4n) is 2.60. The van der Waals surface area contributed by atoms with E-state index in [1.165, 1.54) is 19.2 Å². The predicted molar refractivity (Wildman–Crippen MR) is 91.5 cm³/mol. The van der Waals surface area contributed by atoms with Crippen LogP contribution in [0.25, 0.3) is 10.9 Å². The smallest absolute Gasteiger partial charge is 0.245 e. The van der Waals surface area contributed by atoms with Crippen molar-refractivity contribution >= 4 is 20.9 Å². The van der Waals surface area contributed by atoms with Crippen molar-refractivity contribution in [3.05, 3.63) is 71.4 Å². The zero-order valence-corrected chi connectivity index (χ0v) is 14.5. The monoisotopic (exact) mass is 362 g/mol. The molecule has 3 rings (SSSR count). The molecule has 4 nitrogen and oxygen atoms in total. The normalized spacial score (nSPS) is 12.0. The van der Waals surface area contributed by atoms with Gasteiger partial charge in [-0.05, 0) is 42.3 Å². The minimum atomic E-state index is -3.84. The molecule has 0 amide bonds. The Morgan fingerprint density at radius 1 is 1.08 bits per heavy atom. The van der Waals surface area contributed by atoms with Crippen LogP contribution in [0.5, 0.6) is 0 Å². The highest BCUT2D eigenvalue weighted by Gasteiger charge is 2.24. The van der Waals surface area contributed by atoms with E-state index in [0.29, 0.717) is 11.1 Å². The third-order valence-corrected chi connectivity index (χ3v) is 5.72. The second kappa shape index (κ2) is 6.50. The first-order valence-electron chi connectivity index (χ1n) is 7.54. The molecular formula is C18H16F2N2O2S. The minimum absolute atomic E-state index is 0.0788. The maximum atomic E-state index is 13.3. The highest BCUT2D eigenvalue weighted by molar-refractivity contribution is 7.89. The number of sulfonamides is 1. The van der Waals surface area contributed by atoms with Crippen LogP contribution in [0.3, 0.4) is 0 Å². The highest BCUT2D eigenvalue weighted by atomic mass is 32.2. The van der Waals surface area contributed by atoms with Crippen LogP contribution in [-0.2, 0) is 16.6 Å². The van der Waals surface area contributed by atoms with E-state index in [4.69, 9.17) is 0 Å². The van der Waals surface area contributed by atoms with Crippen LogP contribution < -0.4 is 0 Å². The second-order valence-corrected chi connectivity index (χ2v) is 7.86. The van der Waals surface area contributed by atoms with Crippen LogP contribution in [0, 0.1) is 18.6 Å². The van der Waals surface area contributed by atoms with Crippen LogP contribution in [0.15, 0.2) is 53.6 Å². The molecule has 0 atom stereocenters. The summed E-state index contributed by atoms with van der Waals surface area (Å²) in [4.78, 5) is 4.33. The average Bonchev–Trinajstić information content (AvgIpc) is 2.57. The van der Waals surface area contributed by atoms with Gasteiger partial charge < -0.3 is 0 Å². The summed E-state index contributed by atoms with van der Waals surface area (Å²) >= 11 is 0. The van der Waals surface area contributed by atoms with Crippen molar-refractivity contribution in [1.29, 1.82) is 0 Å². The summed E-state index contributed by atoms with van der Waals surface area (Å²) in [6.45, 7) is 1.80. The number of halogens is 2. The Hall–Kier alpha value is -2.38. The van der Waals surface area contributed by atoms with Gasteiger partial charge in [-0.15, -0.1) is 0 Å². The first-order valence-corrected chi connectivity index (χ1v) is 8.98. The number of fused-ring (bicyclic) bond motifs is 1. The average molecular weight is 362 g/mol. The number of para-hydroxylation sites is 1. The summed E-state index contributed by atoms with van der Waals surface area (Å²) in [7, 11) is -2.45. The van der Waals surface area contributed by atoms with Gasteiger partial charge in [0.15, 0.2) is 11.6 Å². The molecule has 25 heavy (non-hydrogen) atoms. The molecule has 0 unspecified atom stereocenters. The molecule has 3 aromatic rings. The second-order valence-electron chi connectivity index (χ2n) is 5.85. The fourth-order valence-corrected chi connectivity index (χ4v) is 3.92. The summed E-state index contributed by atoms with van der Waals surface area (Å²) in [5.41, 5.74) is 1.66. The van der Waals surface area contributed by atoms with Crippen molar-refractivity contribution in [2.24, 2.45) is 0 Å². The minimum Gasteiger partial charge on any atom is -0.255 e. The molecule has 0 saturated carbocycles. The highest BCUT2D eigenvalue weighted by Crippen LogP contribution is 2.25. The lowest BCUT2D eigenvalue weighted by atomic mass is 10.2. The number of benzene rings is 2. The van der Waals surface area contributed by atoms with Gasteiger partial charge in [0.2, 0.25) is 10.0 Å². The maximum Gasteiger partial charge on any atom is 0.245 e. The van der Waals surface area contributed by atoms with Gasteiger partial charge in [-0.1, -0.05) is 18.2 Å². The van der Waals surface area contributed by atoms with Crippen LogP contribution in [-0.4, -0.2) is 24.8 Å². The molecule has 1 heterocycles. The fraction of sp³-hybridized carbons (Fsp3) is 0.167. The van der Waals surface area contributed by atoms with Crippen molar-refractivity contribution in [3.8, 4) is 0 Å². The largest absolute Gasteiger partial charge is 0.255 e. The number of pyridine rings is 1. The van der Waals surface area contributed by atoms with Crippen LogP contribution in [0.1, 0.15) is 11.1 Å². The Bertz CT molecular complexity index is 1050. The van der Waals surface area contributed by atoms with E-state index in [0.717, 1.165) is 27.4 Å². The summed E-state index contributed by atoms with van der Waals surface area (Å²) in [5.74, 6) is -1.98. The molecule has 0 saturated heterocycles. The van der Waals surface area contributed by atoms with Gasteiger partial charge in [0.05, 0.1) is 5.52 Å². The Morgan fingerprint density at radius 3 is 2.56 bits per heavy atom. The molecule has 0 radical (unpaired) electrons. The van der Waals surface area contributed by atoms with E-state index in [1.54, 1.807) is 18.3 Å². The lowest BCUT2D eigenvalue weighted by Gasteiger charge is -2.18. The maximum absolute atomic E-state index is 13.3. The SMILES string of the molecule is Cc1cnc2c(S(=O)(=O)N(C)Cc3ccc(F)c(F)c3)cccc2c1. The number of aromatic nitrogens is 1. The number of nitrogens with zero attached hydrogens (tertiary/aromatic N) is 2. The Balaban J connectivity index is 1.99. The van der Waals surface area contributed by atoms with Gasteiger partial charge >= 0.3 is 0 Å². The molecule has 0 spiro atoms. The van der Waals surface area contributed by atoms with Crippen LogP contribution in [0.4, 0.5) is 8.78 Å². The molecule has 7 heteroatoms. The lowest BCUT2D eigenvalue weighted by Crippen LogP contribution is -2.27. The quantitative estimate of drug-likeness (QED) is 0.712. The number of hydrogen-bond donors (Lipinski definition) is 0. The predicted octanol–water partition coefficient (Wildman–Crippen LogP) is 3.64. The van der Waals surface area contributed by atoms with Crippen LogP contribution >= 0.6 is 0 Å². The van der Waals surface area contributed by atoms with E-state index in [9.17, 15) is 17.2 Å². The zero-order valence-electron chi connectivity index (χ0n) is 13.7. The molecule has 0 fully saturated rings. The molecule has 130 valence electrons. The van der Waals surface area contributed by atoms with E-state index >= 15 is 0 Å². The third-order valence-electron chi connectivity index (χ3n) is 3.89. The summed E-state index contributed by atoms with van der Waals surface area (Å²) in [6, 6.07) is 10.1. The van der Waals surface area contributed by atoms with Crippen molar-refractivity contribution in [1.82, 2.24) is 9.29 Å². The van der Waals surface area contributed by atoms with E-state index in [2.05, 4.69) is 4.98 Å². The van der Waals surface area contributed by atoms with Gasteiger partial charge in [0.1, 0.15) is 4.90 Å². The molecule has 2 aromatic carbocycles. The molecule has 1 aromatic heterocycles. The lowest BCUT2D eigenvalue weighted by molar-refractivity contribution is 0.462. The van der Waals surface area contributed by atoms with Crippen molar-refractivity contribution in [3.63, 3.8) is 0 Å². The van der Waals surface area contributed by atoms with E-state index in [-0.39, 0.29) is 11.4 Å². The molecular weight excluding hydrogens is 346 g/mol. The molecule has 0 aliphatic heterocycles. The van der Waals surface area contributed by atoms with E-state index in [1.807, 2.05) is 13.0 Å². The summed E-state index contributed by atoms with van der Waals surface area (Å²) < 4.78 is 53.3. The number of rotatable bonds is 4. The topological polar surface area (TPSA) is 50.3 Å². The van der Waals surface area contributed by atoms with Gasteiger partial charge in [0.25, 0.3) is 0 Å². The van der Waals surface area contributed by atoms with Gasteiger partial charge in [-0.3, -0.25) is 4.98 Å². The summed E-state index contributed by atoms with van der Waals surface area (Å²) in [5, 5.41) is 0.724. The first-order chi connectivity index (χ1) is 11.8. The first kappa shape index (κ1) is 17.4. The van der Waals surface area contributed by atoms with Crippen molar-refractivity contribution in [2.45, 2.75) is 18.4 Å².